The predicted molar refractivity (Wildman–Crippen MR) is 119 cm³/mol. The quantitative estimate of drug-likeness (QED) is 0.344. The van der Waals surface area contributed by atoms with Crippen molar-refractivity contribution in [3.63, 3.8) is 0 Å². The van der Waals surface area contributed by atoms with Crippen LogP contribution in [-0.4, -0.2) is 55.2 Å². The molecule has 1 aromatic rings. The minimum absolute atomic E-state index is 0. The number of halogens is 1. The van der Waals surface area contributed by atoms with Gasteiger partial charge in [-0.25, -0.2) is 9.98 Å². The van der Waals surface area contributed by atoms with E-state index in [9.17, 15) is 0 Å². The van der Waals surface area contributed by atoms with Crippen molar-refractivity contribution in [2.45, 2.75) is 52.1 Å². The Morgan fingerprint density at radius 3 is 2.92 bits per heavy atom. The van der Waals surface area contributed by atoms with Crippen molar-refractivity contribution in [3.05, 3.63) is 23.9 Å². The summed E-state index contributed by atoms with van der Waals surface area (Å²) < 4.78 is 5.17. The van der Waals surface area contributed by atoms with E-state index >= 15 is 0 Å². The van der Waals surface area contributed by atoms with Gasteiger partial charge in [0.1, 0.15) is 0 Å². The maximum Gasteiger partial charge on any atom is 0.213 e. The second kappa shape index (κ2) is 13.1. The van der Waals surface area contributed by atoms with Crippen LogP contribution in [-0.2, 0) is 6.54 Å². The first-order chi connectivity index (χ1) is 12.3. The molecule has 0 aliphatic carbocycles. The number of hydrogen-bond acceptors (Lipinski definition) is 4. The van der Waals surface area contributed by atoms with E-state index in [4.69, 9.17) is 4.74 Å². The van der Waals surface area contributed by atoms with E-state index in [0.29, 0.717) is 12.4 Å². The number of piperidine rings is 1. The average molecular weight is 475 g/mol. The summed E-state index contributed by atoms with van der Waals surface area (Å²) in [4.78, 5) is 11.4. The van der Waals surface area contributed by atoms with Gasteiger partial charge in [0.2, 0.25) is 5.88 Å². The molecule has 7 heteroatoms. The number of pyridine rings is 1. The number of methoxy groups -OCH3 is 1. The summed E-state index contributed by atoms with van der Waals surface area (Å²) in [7, 11) is 1.63. The normalized spacial score (nSPS) is 18.1. The molecule has 0 aromatic carbocycles. The van der Waals surface area contributed by atoms with Gasteiger partial charge in [-0.2, -0.15) is 0 Å². The molecule has 0 amide bonds. The lowest BCUT2D eigenvalue weighted by Gasteiger charge is -2.35. The van der Waals surface area contributed by atoms with Crippen molar-refractivity contribution < 1.29 is 4.74 Å². The summed E-state index contributed by atoms with van der Waals surface area (Å²) in [5, 5.41) is 6.78. The molecule has 2 N–H and O–H groups in total. The molecule has 0 radical (unpaired) electrons. The fraction of sp³-hybridized carbons (Fsp3) is 0.684. The lowest BCUT2D eigenvalue weighted by molar-refractivity contribution is 0.147. The second-order valence-corrected chi connectivity index (χ2v) is 6.42. The monoisotopic (exact) mass is 475 g/mol. The number of hydrogen-bond donors (Lipinski definition) is 2. The Balaban J connectivity index is 0.00000338. The topological polar surface area (TPSA) is 61.8 Å². The van der Waals surface area contributed by atoms with Gasteiger partial charge in [-0.3, -0.25) is 4.90 Å². The number of aliphatic imine (C=N–C) groups is 1. The highest BCUT2D eigenvalue weighted by Crippen LogP contribution is 2.18. The molecule has 1 aromatic heterocycles. The van der Waals surface area contributed by atoms with Gasteiger partial charge in [0.25, 0.3) is 0 Å². The molecule has 1 atom stereocenters. The summed E-state index contributed by atoms with van der Waals surface area (Å²) in [5.41, 5.74) is 1.09. The zero-order valence-corrected chi connectivity index (χ0v) is 18.7. The molecule has 0 spiro atoms. The Morgan fingerprint density at radius 1 is 1.35 bits per heavy atom. The van der Waals surface area contributed by atoms with Crippen molar-refractivity contribution in [1.29, 1.82) is 0 Å². The third kappa shape index (κ3) is 7.65. The van der Waals surface area contributed by atoms with Gasteiger partial charge in [0, 0.05) is 37.9 Å². The summed E-state index contributed by atoms with van der Waals surface area (Å²) in [6.45, 7) is 9.07. The predicted octanol–water partition coefficient (Wildman–Crippen LogP) is 3.03. The molecule has 1 unspecified atom stereocenters. The minimum Gasteiger partial charge on any atom is -0.481 e. The number of likely N-dealkylation sites (tertiary alicyclic amines) is 1. The van der Waals surface area contributed by atoms with Crippen molar-refractivity contribution in [2.24, 2.45) is 4.99 Å². The molecule has 1 aliphatic rings. The maximum absolute atomic E-state index is 5.17. The van der Waals surface area contributed by atoms with Crippen LogP contribution >= 0.6 is 24.0 Å². The second-order valence-electron chi connectivity index (χ2n) is 6.42. The van der Waals surface area contributed by atoms with Crippen LogP contribution in [0.25, 0.3) is 0 Å². The average Bonchev–Trinajstić information content (AvgIpc) is 2.66. The molecule has 6 nitrogen and oxygen atoms in total. The minimum atomic E-state index is 0. The van der Waals surface area contributed by atoms with E-state index in [-0.39, 0.29) is 24.0 Å². The van der Waals surface area contributed by atoms with E-state index in [1.165, 1.54) is 32.2 Å². The number of rotatable bonds is 8. The first kappa shape index (κ1) is 23.0. The lowest BCUT2D eigenvalue weighted by Crippen LogP contribution is -2.45. The number of nitrogens with zero attached hydrogens (tertiary/aromatic N) is 3. The molecule has 1 saturated heterocycles. The zero-order valence-electron chi connectivity index (χ0n) is 16.3. The van der Waals surface area contributed by atoms with Crippen molar-refractivity contribution >= 4 is 29.9 Å². The van der Waals surface area contributed by atoms with Crippen molar-refractivity contribution in [1.82, 2.24) is 20.5 Å². The largest absolute Gasteiger partial charge is 0.481 e. The van der Waals surface area contributed by atoms with Gasteiger partial charge in [-0.05, 0) is 44.4 Å². The Morgan fingerprint density at radius 2 is 2.19 bits per heavy atom. The van der Waals surface area contributed by atoms with E-state index in [1.807, 2.05) is 12.1 Å². The van der Waals surface area contributed by atoms with Crippen LogP contribution in [0.4, 0.5) is 0 Å². The highest BCUT2D eigenvalue weighted by atomic mass is 127. The van der Waals surface area contributed by atoms with Gasteiger partial charge < -0.3 is 15.4 Å². The summed E-state index contributed by atoms with van der Waals surface area (Å²) in [6.07, 6.45) is 7.05. The van der Waals surface area contributed by atoms with E-state index < -0.39 is 0 Å². The SMILES string of the molecule is CCNC(=NCc1ccnc(OC)c1)NCCN1CCCCC1CC.I. The maximum atomic E-state index is 5.17. The zero-order chi connectivity index (χ0) is 17.9. The lowest BCUT2D eigenvalue weighted by atomic mass is 10.0. The van der Waals surface area contributed by atoms with Gasteiger partial charge >= 0.3 is 0 Å². The molecule has 1 aliphatic heterocycles. The van der Waals surface area contributed by atoms with Crippen LogP contribution in [0.15, 0.2) is 23.3 Å². The number of nitrogens with one attached hydrogen (secondary N) is 2. The fourth-order valence-electron chi connectivity index (χ4n) is 3.31. The van der Waals surface area contributed by atoms with Crippen LogP contribution in [0, 0.1) is 0 Å². The van der Waals surface area contributed by atoms with Gasteiger partial charge in [-0.15, -0.1) is 24.0 Å². The van der Waals surface area contributed by atoms with E-state index in [0.717, 1.165) is 37.2 Å². The Bertz CT molecular complexity index is 540. The molecule has 2 heterocycles. The van der Waals surface area contributed by atoms with Gasteiger partial charge in [-0.1, -0.05) is 13.3 Å². The third-order valence-electron chi connectivity index (χ3n) is 4.68. The fourth-order valence-corrected chi connectivity index (χ4v) is 3.31. The highest BCUT2D eigenvalue weighted by molar-refractivity contribution is 14.0. The molecular formula is C19H34IN5O. The summed E-state index contributed by atoms with van der Waals surface area (Å²) in [5.74, 6) is 1.49. The van der Waals surface area contributed by atoms with E-state index in [1.54, 1.807) is 13.3 Å². The van der Waals surface area contributed by atoms with Crippen molar-refractivity contribution in [2.75, 3.05) is 33.3 Å². The number of aromatic nitrogens is 1. The highest BCUT2D eigenvalue weighted by Gasteiger charge is 2.19. The molecule has 2 rings (SSSR count). The van der Waals surface area contributed by atoms with Gasteiger partial charge in [0.15, 0.2) is 5.96 Å². The Labute approximate surface area is 175 Å². The number of guanidine groups is 1. The molecule has 26 heavy (non-hydrogen) atoms. The summed E-state index contributed by atoms with van der Waals surface area (Å²) >= 11 is 0. The standard InChI is InChI=1S/C19H33N5O.HI/c1-4-17-8-6-7-12-24(17)13-11-22-19(20-5-2)23-15-16-9-10-21-18(14-16)25-3;/h9-10,14,17H,4-8,11-13,15H2,1-3H3,(H2,20,22,23);1H. The third-order valence-corrected chi connectivity index (χ3v) is 4.68. The molecule has 0 bridgehead atoms. The first-order valence-electron chi connectivity index (χ1n) is 9.52. The van der Waals surface area contributed by atoms with Crippen LogP contribution in [0.2, 0.25) is 0 Å². The molecule has 1 fully saturated rings. The van der Waals surface area contributed by atoms with Gasteiger partial charge in [0.05, 0.1) is 13.7 Å². The molecule has 0 saturated carbocycles. The van der Waals surface area contributed by atoms with Crippen LogP contribution in [0.1, 0.15) is 45.1 Å². The Kier molecular flexibility index (Phi) is 11.6. The van der Waals surface area contributed by atoms with Crippen LogP contribution < -0.4 is 15.4 Å². The van der Waals surface area contributed by atoms with Crippen LogP contribution in [0.3, 0.4) is 0 Å². The molecular weight excluding hydrogens is 441 g/mol. The Hall–Kier alpha value is -1.09. The van der Waals surface area contributed by atoms with Crippen molar-refractivity contribution in [3.8, 4) is 5.88 Å². The first-order valence-corrected chi connectivity index (χ1v) is 9.52. The van der Waals surface area contributed by atoms with E-state index in [2.05, 4.69) is 39.4 Å². The van der Waals surface area contributed by atoms with Crippen LogP contribution in [0.5, 0.6) is 5.88 Å². The number of ether oxygens (including phenoxy) is 1. The summed E-state index contributed by atoms with van der Waals surface area (Å²) in [6, 6.07) is 4.64. The smallest absolute Gasteiger partial charge is 0.213 e. The molecule has 148 valence electrons.